The lowest BCUT2D eigenvalue weighted by Crippen LogP contribution is -2.61. The van der Waals surface area contributed by atoms with Crippen molar-refractivity contribution in [2.24, 2.45) is 11.8 Å². The van der Waals surface area contributed by atoms with Crippen LogP contribution in [-0.4, -0.2) is 71.8 Å². The predicted octanol–water partition coefficient (Wildman–Crippen LogP) is -0.138. The maximum atomic E-state index is 12.2. The van der Waals surface area contributed by atoms with Crippen molar-refractivity contribution in [2.75, 3.05) is 6.61 Å². The van der Waals surface area contributed by atoms with Gasteiger partial charge in [0.15, 0.2) is 0 Å². The molecule has 0 bridgehead atoms. The maximum absolute atomic E-state index is 12.2. The molecule has 1 fully saturated rings. The van der Waals surface area contributed by atoms with Gasteiger partial charge in [0.05, 0.1) is 6.61 Å². The van der Waals surface area contributed by atoms with Gasteiger partial charge in [0.2, 0.25) is 0 Å². The van der Waals surface area contributed by atoms with Crippen molar-refractivity contribution in [1.29, 1.82) is 0 Å². The third-order valence-electron chi connectivity index (χ3n) is 4.37. The zero-order valence-corrected chi connectivity index (χ0v) is 18.5. The third kappa shape index (κ3) is 8.72. The number of phosphoric ester groups is 3. The molecule has 0 saturated heterocycles. The quantitative estimate of drug-likeness (QED) is 0.199. The number of rotatable bonds is 10. The van der Waals surface area contributed by atoms with Crippen molar-refractivity contribution in [3.8, 4) is 0 Å². The molecular weight excluding hydrogens is 461 g/mol. The molecule has 0 radical (unpaired) electrons. The smallest absolute Gasteiger partial charge is 0.388 e. The second-order valence-electron chi connectivity index (χ2n) is 6.81. The molecule has 8 atom stereocenters. The van der Waals surface area contributed by atoms with Crippen LogP contribution in [0.15, 0.2) is 0 Å². The van der Waals surface area contributed by atoms with E-state index in [-0.39, 0.29) is 12.5 Å². The van der Waals surface area contributed by atoms with Crippen LogP contribution < -0.4 is 0 Å². The van der Waals surface area contributed by atoms with Crippen LogP contribution in [0, 0.1) is 11.8 Å². The first-order valence-electron chi connectivity index (χ1n) is 8.47. The van der Waals surface area contributed by atoms with Crippen LogP contribution in [0.5, 0.6) is 0 Å². The van der Waals surface area contributed by atoms with E-state index in [0.717, 1.165) is 0 Å². The summed E-state index contributed by atoms with van der Waals surface area (Å²) >= 11 is 0. The summed E-state index contributed by atoms with van der Waals surface area (Å²) in [4.78, 5) is 45.9. The van der Waals surface area contributed by atoms with Gasteiger partial charge in [-0.15, -0.1) is 0 Å². The minimum atomic E-state index is -5.30. The highest BCUT2D eigenvalue weighted by Gasteiger charge is 2.55. The molecule has 0 aromatic rings. The molecule has 0 spiro atoms. The summed E-state index contributed by atoms with van der Waals surface area (Å²) in [5.41, 5.74) is 0. The average Bonchev–Trinajstić information content (AvgIpc) is 2.56. The summed E-state index contributed by atoms with van der Waals surface area (Å²) in [7, 11) is -15.3. The van der Waals surface area contributed by atoms with Gasteiger partial charge in [0.1, 0.15) is 30.5 Å². The fraction of sp³-hybridized carbons (Fsp3) is 1.00. The fourth-order valence-corrected chi connectivity index (χ4v) is 5.00. The molecule has 0 aromatic heterocycles. The zero-order valence-electron chi connectivity index (χ0n) is 15.8. The first kappa shape index (κ1) is 27.3. The van der Waals surface area contributed by atoms with E-state index in [1.54, 1.807) is 13.8 Å². The van der Waals surface area contributed by atoms with Gasteiger partial charge < -0.3 is 34.7 Å². The number of phosphoric acid groups is 3. The van der Waals surface area contributed by atoms with E-state index in [2.05, 4.69) is 9.05 Å². The molecule has 1 aliphatic carbocycles. The van der Waals surface area contributed by atoms with Crippen LogP contribution >= 0.6 is 23.5 Å². The van der Waals surface area contributed by atoms with Gasteiger partial charge in [-0.05, 0) is 5.92 Å². The summed E-state index contributed by atoms with van der Waals surface area (Å²) in [6, 6.07) is 0. The van der Waals surface area contributed by atoms with E-state index >= 15 is 0 Å². The number of aliphatic hydroxyl groups is 2. The minimum absolute atomic E-state index is 0.119. The lowest BCUT2D eigenvalue weighted by atomic mass is 9.79. The van der Waals surface area contributed by atoms with Crippen molar-refractivity contribution in [3.05, 3.63) is 0 Å². The highest BCUT2D eigenvalue weighted by atomic mass is 31.2. The standard InChI is InChI=1S/C12H27O14P3/c1-4-6(2)5-23-29(21,22)26-11-7(3)10(24-27(15,16)17)8(13)12(9(11)14)25-28(18,19)20/h6-14H,4-5H2,1-3H3,(H,21,22)(H2,15,16,17)(H2,18,19,20)/t6-,7+,8?,9?,10?,11?,12-/m1/s1. The van der Waals surface area contributed by atoms with Crippen LogP contribution in [-0.2, 0) is 31.8 Å². The highest BCUT2D eigenvalue weighted by molar-refractivity contribution is 7.47. The molecule has 0 aliphatic heterocycles. The lowest BCUT2D eigenvalue weighted by Gasteiger charge is -2.45. The SMILES string of the molecule is CC[C@@H](C)COP(=O)(O)OC1C(O)[C@H](OP(=O)(O)O)C(O)C(OP(=O)(O)O)[C@@H]1C. The summed E-state index contributed by atoms with van der Waals surface area (Å²) in [6.45, 7) is 4.51. The highest BCUT2D eigenvalue weighted by Crippen LogP contribution is 2.52. The molecule has 0 aromatic carbocycles. The van der Waals surface area contributed by atoms with Crippen LogP contribution in [0.4, 0.5) is 0 Å². The summed E-state index contributed by atoms with van der Waals surface area (Å²) in [6.07, 6.45) is -9.45. The molecule has 7 N–H and O–H groups in total. The number of aliphatic hydroxyl groups excluding tert-OH is 2. The van der Waals surface area contributed by atoms with E-state index < -0.39 is 59.9 Å². The van der Waals surface area contributed by atoms with Crippen molar-refractivity contribution < 1.29 is 66.5 Å². The van der Waals surface area contributed by atoms with Gasteiger partial charge >= 0.3 is 23.5 Å². The second kappa shape index (κ2) is 10.2. The van der Waals surface area contributed by atoms with Gasteiger partial charge in [-0.25, -0.2) is 13.7 Å². The van der Waals surface area contributed by atoms with Gasteiger partial charge in [0.25, 0.3) is 0 Å². The molecule has 17 heteroatoms. The molecule has 174 valence electrons. The molecule has 1 rings (SSSR count). The maximum Gasteiger partial charge on any atom is 0.472 e. The summed E-state index contributed by atoms with van der Waals surface area (Å²) in [5, 5.41) is 20.6. The van der Waals surface area contributed by atoms with Crippen LogP contribution in [0.25, 0.3) is 0 Å². The molecule has 0 heterocycles. The topological polar surface area (TPSA) is 230 Å². The van der Waals surface area contributed by atoms with Gasteiger partial charge in [-0.2, -0.15) is 0 Å². The first-order chi connectivity index (χ1) is 13.0. The second-order valence-corrected chi connectivity index (χ2v) is 10.6. The Balaban J connectivity index is 3.16. The van der Waals surface area contributed by atoms with Crippen molar-refractivity contribution in [1.82, 2.24) is 0 Å². The van der Waals surface area contributed by atoms with Crippen molar-refractivity contribution in [2.45, 2.75) is 57.7 Å². The lowest BCUT2D eigenvalue weighted by molar-refractivity contribution is -0.189. The first-order valence-corrected chi connectivity index (χ1v) is 13.0. The van der Waals surface area contributed by atoms with Crippen LogP contribution in [0.2, 0.25) is 0 Å². The Morgan fingerprint density at radius 3 is 1.66 bits per heavy atom. The third-order valence-corrected chi connectivity index (χ3v) is 6.40. The molecule has 1 aliphatic rings. The van der Waals surface area contributed by atoms with Crippen molar-refractivity contribution >= 4 is 23.5 Å². The predicted molar refractivity (Wildman–Crippen MR) is 95.1 cm³/mol. The van der Waals surface area contributed by atoms with E-state index in [1.165, 1.54) is 6.92 Å². The monoisotopic (exact) mass is 488 g/mol. The van der Waals surface area contributed by atoms with E-state index in [0.29, 0.717) is 6.42 Å². The molecule has 5 unspecified atom stereocenters. The number of hydrogen-bond donors (Lipinski definition) is 7. The Morgan fingerprint density at radius 2 is 1.24 bits per heavy atom. The van der Waals surface area contributed by atoms with E-state index in [4.69, 9.17) is 28.6 Å². The molecule has 0 amide bonds. The Labute approximate surface area is 166 Å². The Kier molecular flexibility index (Phi) is 9.64. The zero-order chi connectivity index (χ0) is 22.8. The molecule has 1 saturated carbocycles. The molecule has 29 heavy (non-hydrogen) atoms. The average molecular weight is 488 g/mol. The van der Waals surface area contributed by atoms with E-state index in [9.17, 15) is 28.8 Å². The largest absolute Gasteiger partial charge is 0.472 e. The molecular formula is C12H27O14P3. The summed E-state index contributed by atoms with van der Waals surface area (Å²) < 4.78 is 53.0. The van der Waals surface area contributed by atoms with Crippen LogP contribution in [0.3, 0.4) is 0 Å². The van der Waals surface area contributed by atoms with Gasteiger partial charge in [0, 0.05) is 5.92 Å². The molecule has 14 nitrogen and oxygen atoms in total. The van der Waals surface area contributed by atoms with Crippen molar-refractivity contribution in [3.63, 3.8) is 0 Å². The van der Waals surface area contributed by atoms with Crippen LogP contribution in [0.1, 0.15) is 27.2 Å². The van der Waals surface area contributed by atoms with E-state index in [1.807, 2.05) is 0 Å². The normalized spacial score (nSPS) is 34.6. The van der Waals surface area contributed by atoms with Gasteiger partial charge in [-0.3, -0.25) is 18.1 Å². The minimum Gasteiger partial charge on any atom is -0.388 e. The van der Waals surface area contributed by atoms with Gasteiger partial charge in [-0.1, -0.05) is 27.2 Å². The number of hydrogen-bond acceptors (Lipinski definition) is 9. The Bertz CT molecular complexity index is 637. The summed E-state index contributed by atoms with van der Waals surface area (Å²) in [5.74, 6) is -1.46. The Hall–Kier alpha value is 0.250. The fourth-order valence-electron chi connectivity index (χ4n) is 2.67. The Morgan fingerprint density at radius 1 is 0.828 bits per heavy atom.